The zero-order valence-electron chi connectivity index (χ0n) is 12.7. The predicted octanol–water partition coefficient (Wildman–Crippen LogP) is 3.12. The van der Waals surface area contributed by atoms with Crippen LogP contribution in [0.5, 0.6) is 11.5 Å². The number of rotatable bonds is 8. The highest BCUT2D eigenvalue weighted by Gasteiger charge is 2.11. The third kappa shape index (κ3) is 5.19. The minimum atomic E-state index is -2.88. The van der Waals surface area contributed by atoms with Crippen molar-refractivity contribution in [3.63, 3.8) is 0 Å². The topological polar surface area (TPSA) is 50.7 Å². The minimum Gasteiger partial charge on any atom is -0.496 e. The highest BCUT2D eigenvalue weighted by atomic mass is 19.3. The van der Waals surface area contributed by atoms with E-state index in [1.54, 1.807) is 19.2 Å². The molecule has 2 aromatic rings. The molecule has 23 heavy (non-hydrogen) atoms. The van der Waals surface area contributed by atoms with Crippen molar-refractivity contribution in [2.45, 2.75) is 19.3 Å². The van der Waals surface area contributed by atoms with Crippen molar-refractivity contribution in [2.24, 2.45) is 0 Å². The van der Waals surface area contributed by atoms with Crippen LogP contribution in [0.4, 0.5) is 8.78 Å². The predicted molar refractivity (Wildman–Crippen MR) is 82.7 cm³/mol. The first kappa shape index (κ1) is 17.2. The average molecular weight is 323 g/mol. The number of halogens is 2. The van der Waals surface area contributed by atoms with E-state index in [0.29, 0.717) is 12.1 Å². The largest absolute Gasteiger partial charge is 0.496 e. The molecule has 0 spiro atoms. The van der Waals surface area contributed by atoms with E-state index >= 15 is 0 Å². The second-order valence-corrected chi connectivity index (χ2v) is 4.91. The van der Waals surface area contributed by atoms with E-state index in [2.05, 4.69) is 10.1 Å². The van der Waals surface area contributed by atoms with Crippen molar-refractivity contribution in [3.05, 3.63) is 59.7 Å². The second-order valence-electron chi connectivity index (χ2n) is 4.91. The van der Waals surface area contributed by atoms with Crippen LogP contribution in [0, 0.1) is 0 Å². The minimum absolute atomic E-state index is 0.0290. The molecule has 124 valence electrons. The Hall–Kier alpha value is -2.18. The first-order valence-corrected chi connectivity index (χ1v) is 7.15. The zero-order chi connectivity index (χ0) is 16.7. The van der Waals surface area contributed by atoms with Gasteiger partial charge in [0.25, 0.3) is 0 Å². The molecule has 0 bridgehead atoms. The maximum absolute atomic E-state index is 12.2. The van der Waals surface area contributed by atoms with E-state index in [4.69, 9.17) is 4.74 Å². The smallest absolute Gasteiger partial charge is 0.387 e. The molecule has 2 aromatic carbocycles. The first-order chi connectivity index (χ1) is 11.1. The van der Waals surface area contributed by atoms with E-state index in [0.717, 1.165) is 11.3 Å². The Morgan fingerprint density at radius 2 is 1.91 bits per heavy atom. The van der Waals surface area contributed by atoms with Gasteiger partial charge < -0.3 is 19.9 Å². The van der Waals surface area contributed by atoms with Gasteiger partial charge in [-0.2, -0.15) is 8.78 Å². The van der Waals surface area contributed by atoms with Gasteiger partial charge in [0, 0.05) is 18.7 Å². The summed E-state index contributed by atoms with van der Waals surface area (Å²) in [6.45, 7) is -2.09. The van der Waals surface area contributed by atoms with Crippen LogP contribution in [0.15, 0.2) is 48.5 Å². The molecule has 0 saturated heterocycles. The molecule has 0 aliphatic carbocycles. The molecule has 0 amide bonds. The van der Waals surface area contributed by atoms with Crippen molar-refractivity contribution >= 4 is 0 Å². The Morgan fingerprint density at radius 1 is 1.13 bits per heavy atom. The summed E-state index contributed by atoms with van der Waals surface area (Å²) in [6.07, 6.45) is -0.828. The summed E-state index contributed by atoms with van der Waals surface area (Å²) in [5.41, 5.74) is 1.48. The third-order valence-corrected chi connectivity index (χ3v) is 3.31. The summed E-state index contributed by atoms with van der Waals surface area (Å²) in [4.78, 5) is 0. The van der Waals surface area contributed by atoms with Gasteiger partial charge in [0.1, 0.15) is 11.5 Å². The Balaban J connectivity index is 1.90. The van der Waals surface area contributed by atoms with Gasteiger partial charge in [-0.05, 0) is 23.8 Å². The van der Waals surface area contributed by atoms with Gasteiger partial charge >= 0.3 is 6.61 Å². The third-order valence-electron chi connectivity index (χ3n) is 3.31. The maximum Gasteiger partial charge on any atom is 0.387 e. The second kappa shape index (κ2) is 8.45. The van der Waals surface area contributed by atoms with Crippen LogP contribution in [-0.4, -0.2) is 25.4 Å². The van der Waals surface area contributed by atoms with E-state index < -0.39 is 12.7 Å². The molecule has 6 heteroatoms. The summed E-state index contributed by atoms with van der Waals surface area (Å²) in [7, 11) is 1.60. The van der Waals surface area contributed by atoms with E-state index in [1.165, 1.54) is 12.1 Å². The highest BCUT2D eigenvalue weighted by molar-refractivity contribution is 5.33. The highest BCUT2D eigenvalue weighted by Crippen LogP contribution is 2.21. The van der Waals surface area contributed by atoms with E-state index in [1.807, 2.05) is 24.3 Å². The van der Waals surface area contributed by atoms with Crippen LogP contribution in [-0.2, 0) is 6.54 Å². The molecule has 0 saturated carbocycles. The fourth-order valence-electron chi connectivity index (χ4n) is 2.21. The molecule has 0 aliphatic rings. The molecule has 0 fully saturated rings. The van der Waals surface area contributed by atoms with Gasteiger partial charge in [-0.3, -0.25) is 0 Å². The Labute approximate surface area is 133 Å². The molecular weight excluding hydrogens is 304 g/mol. The SMILES string of the molecule is COc1ccccc1CNCC(O)c1cccc(OC(F)F)c1. The Morgan fingerprint density at radius 3 is 2.65 bits per heavy atom. The fraction of sp³-hybridized carbons (Fsp3) is 0.294. The van der Waals surface area contributed by atoms with Crippen molar-refractivity contribution in [1.29, 1.82) is 0 Å². The quantitative estimate of drug-likeness (QED) is 0.784. The van der Waals surface area contributed by atoms with Gasteiger partial charge in [0.2, 0.25) is 0 Å². The molecule has 0 radical (unpaired) electrons. The monoisotopic (exact) mass is 323 g/mol. The molecule has 2 N–H and O–H groups in total. The lowest BCUT2D eigenvalue weighted by Crippen LogP contribution is -2.21. The molecule has 0 aromatic heterocycles. The summed E-state index contributed by atoms with van der Waals surface area (Å²) in [5, 5.41) is 13.3. The molecule has 4 nitrogen and oxygen atoms in total. The van der Waals surface area contributed by atoms with Gasteiger partial charge in [0.15, 0.2) is 0 Å². The molecule has 0 aliphatic heterocycles. The lowest BCUT2D eigenvalue weighted by Gasteiger charge is -2.14. The number of benzene rings is 2. The molecule has 2 rings (SSSR count). The van der Waals surface area contributed by atoms with Crippen LogP contribution < -0.4 is 14.8 Å². The van der Waals surface area contributed by atoms with Gasteiger partial charge in [-0.1, -0.05) is 30.3 Å². The van der Waals surface area contributed by atoms with Gasteiger partial charge in [-0.15, -0.1) is 0 Å². The van der Waals surface area contributed by atoms with Gasteiger partial charge in [-0.25, -0.2) is 0 Å². The number of methoxy groups -OCH3 is 1. The van der Waals surface area contributed by atoms with Gasteiger partial charge in [0.05, 0.1) is 13.2 Å². The molecular formula is C17H19F2NO3. The lowest BCUT2D eigenvalue weighted by molar-refractivity contribution is -0.0499. The van der Waals surface area contributed by atoms with Crippen molar-refractivity contribution in [2.75, 3.05) is 13.7 Å². The van der Waals surface area contributed by atoms with E-state index in [-0.39, 0.29) is 12.3 Å². The van der Waals surface area contributed by atoms with Crippen LogP contribution >= 0.6 is 0 Å². The van der Waals surface area contributed by atoms with Crippen LogP contribution in [0.3, 0.4) is 0 Å². The normalized spacial score (nSPS) is 12.2. The number of aliphatic hydroxyl groups is 1. The average Bonchev–Trinajstić information content (AvgIpc) is 2.55. The summed E-state index contributed by atoms with van der Waals surface area (Å²) in [6, 6.07) is 13.6. The van der Waals surface area contributed by atoms with E-state index in [9.17, 15) is 13.9 Å². The number of nitrogens with one attached hydrogen (secondary N) is 1. The zero-order valence-corrected chi connectivity index (χ0v) is 12.7. The summed E-state index contributed by atoms with van der Waals surface area (Å²) < 4.78 is 34.0. The molecule has 1 atom stereocenters. The number of hydrogen-bond donors (Lipinski definition) is 2. The Bertz CT molecular complexity index is 622. The number of ether oxygens (including phenoxy) is 2. The Kier molecular flexibility index (Phi) is 6.31. The van der Waals surface area contributed by atoms with Crippen molar-refractivity contribution < 1.29 is 23.4 Å². The first-order valence-electron chi connectivity index (χ1n) is 7.15. The lowest BCUT2D eigenvalue weighted by atomic mass is 10.1. The van der Waals surface area contributed by atoms with Crippen molar-refractivity contribution in [1.82, 2.24) is 5.32 Å². The standard InChI is InChI=1S/C17H19F2NO3/c1-22-16-8-3-2-5-13(16)10-20-11-15(21)12-6-4-7-14(9-12)23-17(18)19/h2-9,15,17,20-21H,10-11H2,1H3. The number of aliphatic hydroxyl groups excluding tert-OH is 1. The van der Waals surface area contributed by atoms with Crippen LogP contribution in [0.1, 0.15) is 17.2 Å². The number of alkyl halides is 2. The summed E-state index contributed by atoms with van der Waals surface area (Å²) >= 11 is 0. The fourth-order valence-corrected chi connectivity index (χ4v) is 2.21. The molecule has 1 unspecified atom stereocenters. The van der Waals surface area contributed by atoms with Crippen LogP contribution in [0.25, 0.3) is 0 Å². The van der Waals surface area contributed by atoms with Crippen LogP contribution in [0.2, 0.25) is 0 Å². The molecule has 0 heterocycles. The summed E-state index contributed by atoms with van der Waals surface area (Å²) in [5.74, 6) is 0.795. The number of hydrogen-bond acceptors (Lipinski definition) is 4. The van der Waals surface area contributed by atoms with Crippen molar-refractivity contribution in [3.8, 4) is 11.5 Å². The maximum atomic E-state index is 12.2. The number of para-hydroxylation sites is 1.